The van der Waals surface area contributed by atoms with Gasteiger partial charge in [0.25, 0.3) is 0 Å². The van der Waals surface area contributed by atoms with Gasteiger partial charge in [-0.05, 0) is 76.4 Å². The van der Waals surface area contributed by atoms with E-state index < -0.39 is 5.54 Å². The van der Waals surface area contributed by atoms with Crippen LogP contribution in [0.5, 0.6) is 5.75 Å². The summed E-state index contributed by atoms with van der Waals surface area (Å²) < 4.78 is 10.6. The fourth-order valence-electron chi connectivity index (χ4n) is 4.78. The average Bonchev–Trinajstić information content (AvgIpc) is 2.74. The number of nitrogens with one attached hydrogen (secondary N) is 2. The van der Waals surface area contributed by atoms with E-state index in [2.05, 4.69) is 34.3 Å². The van der Waals surface area contributed by atoms with E-state index in [1.54, 1.807) is 7.11 Å². The molecule has 1 atom stereocenters. The molecule has 0 spiro atoms. The molecule has 2 N–H and O–H groups in total. The maximum atomic E-state index is 12.9. The first-order valence-electron chi connectivity index (χ1n) is 11.4. The molecule has 0 aliphatic carbocycles. The number of methoxy groups -OCH3 is 1. The number of rotatable bonds is 8. The molecule has 3 saturated heterocycles. The van der Waals surface area contributed by atoms with Crippen LogP contribution in [0.25, 0.3) is 0 Å². The minimum Gasteiger partial charge on any atom is -0.491 e. The molecule has 3 aliphatic rings. The highest BCUT2D eigenvalue weighted by atomic mass is 16.5. The molecule has 3 aliphatic heterocycles. The molecule has 1 unspecified atom stereocenters. The Labute approximate surface area is 187 Å². The van der Waals surface area contributed by atoms with Crippen LogP contribution in [0.2, 0.25) is 0 Å². The first-order valence-corrected chi connectivity index (χ1v) is 11.4. The molecular weight excluding hydrogens is 390 g/mol. The predicted molar refractivity (Wildman–Crippen MR) is 123 cm³/mol. The number of carbonyl (C=O) groups excluding carboxylic acids is 1. The molecule has 6 nitrogen and oxygen atoms in total. The molecule has 1 aromatic carbocycles. The van der Waals surface area contributed by atoms with Crippen molar-refractivity contribution in [2.75, 3.05) is 40.0 Å². The SMILES string of the molecule is CCCC1(NC(=O)NC(C)(C)C#Cc2ccc(OCCOC)cc2)CN2CCC1CC2. The van der Waals surface area contributed by atoms with Crippen molar-refractivity contribution in [1.82, 2.24) is 15.5 Å². The Kier molecular flexibility index (Phi) is 7.85. The first kappa shape index (κ1) is 23.4. The Morgan fingerprint density at radius 2 is 1.94 bits per heavy atom. The molecule has 0 saturated carbocycles. The van der Waals surface area contributed by atoms with Gasteiger partial charge < -0.3 is 25.0 Å². The van der Waals surface area contributed by atoms with Crippen LogP contribution in [-0.2, 0) is 4.74 Å². The predicted octanol–water partition coefficient (Wildman–Crippen LogP) is 3.41. The van der Waals surface area contributed by atoms with Crippen molar-refractivity contribution in [3.05, 3.63) is 29.8 Å². The van der Waals surface area contributed by atoms with Crippen LogP contribution in [0.1, 0.15) is 52.0 Å². The summed E-state index contributed by atoms with van der Waals surface area (Å²) in [4.78, 5) is 15.4. The molecule has 2 amide bonds. The van der Waals surface area contributed by atoms with Gasteiger partial charge in [0.1, 0.15) is 12.4 Å². The van der Waals surface area contributed by atoms with Crippen molar-refractivity contribution >= 4 is 6.03 Å². The van der Waals surface area contributed by atoms with E-state index in [4.69, 9.17) is 9.47 Å². The Morgan fingerprint density at radius 3 is 2.52 bits per heavy atom. The summed E-state index contributed by atoms with van der Waals surface area (Å²) in [6, 6.07) is 7.52. The zero-order chi connectivity index (χ0) is 22.3. The van der Waals surface area contributed by atoms with Crippen LogP contribution < -0.4 is 15.4 Å². The van der Waals surface area contributed by atoms with Gasteiger partial charge >= 0.3 is 6.03 Å². The molecule has 3 heterocycles. The number of hydrogen-bond donors (Lipinski definition) is 2. The monoisotopic (exact) mass is 427 g/mol. The van der Waals surface area contributed by atoms with E-state index >= 15 is 0 Å². The Balaban J connectivity index is 1.58. The van der Waals surface area contributed by atoms with Crippen LogP contribution in [0.15, 0.2) is 24.3 Å². The standard InChI is InChI=1S/C25H37N3O3/c1-5-13-25(19-28-15-11-21(25)12-16-28)27-23(29)26-24(2,3)14-10-20-6-8-22(9-7-20)31-18-17-30-4/h6-9,21H,5,11-13,15-19H2,1-4H3,(H2,26,27,29). The first-order chi connectivity index (χ1) is 14.9. The quantitative estimate of drug-likeness (QED) is 0.493. The van der Waals surface area contributed by atoms with Crippen molar-refractivity contribution < 1.29 is 14.3 Å². The normalized spacial score (nSPS) is 24.8. The number of piperidine rings is 3. The molecule has 1 aromatic rings. The summed E-state index contributed by atoms with van der Waals surface area (Å²) in [5, 5.41) is 6.45. The number of amides is 2. The third-order valence-electron chi connectivity index (χ3n) is 6.29. The lowest BCUT2D eigenvalue weighted by atomic mass is 9.70. The van der Waals surface area contributed by atoms with Crippen LogP contribution >= 0.6 is 0 Å². The molecule has 0 aromatic heterocycles. The number of fused-ring (bicyclic) bond motifs is 3. The van der Waals surface area contributed by atoms with Crippen LogP contribution in [0.4, 0.5) is 4.79 Å². The Bertz CT molecular complexity index is 788. The zero-order valence-corrected chi connectivity index (χ0v) is 19.4. The second-order valence-electron chi connectivity index (χ2n) is 9.28. The van der Waals surface area contributed by atoms with Gasteiger partial charge in [-0.2, -0.15) is 0 Å². The number of carbonyl (C=O) groups is 1. The molecular formula is C25H37N3O3. The molecule has 170 valence electrons. The van der Waals surface area contributed by atoms with E-state index in [-0.39, 0.29) is 11.6 Å². The number of urea groups is 1. The lowest BCUT2D eigenvalue weighted by Crippen LogP contribution is -2.68. The topological polar surface area (TPSA) is 62.8 Å². The van der Waals surface area contributed by atoms with Crippen molar-refractivity contribution in [2.45, 2.75) is 57.5 Å². The van der Waals surface area contributed by atoms with Gasteiger partial charge in [0.2, 0.25) is 0 Å². The summed E-state index contributed by atoms with van der Waals surface area (Å²) in [5.74, 6) is 7.73. The van der Waals surface area contributed by atoms with Gasteiger partial charge in [0, 0.05) is 19.2 Å². The lowest BCUT2D eigenvalue weighted by molar-refractivity contribution is 0.00706. The van der Waals surface area contributed by atoms with Gasteiger partial charge in [-0.15, -0.1) is 0 Å². The third kappa shape index (κ3) is 6.38. The molecule has 2 bridgehead atoms. The van der Waals surface area contributed by atoms with Gasteiger partial charge in [0.05, 0.1) is 17.7 Å². The van der Waals surface area contributed by atoms with E-state index in [0.717, 1.165) is 43.8 Å². The Morgan fingerprint density at radius 1 is 1.23 bits per heavy atom. The summed E-state index contributed by atoms with van der Waals surface area (Å²) in [6.07, 6.45) is 4.44. The van der Waals surface area contributed by atoms with Crippen molar-refractivity contribution in [3.8, 4) is 17.6 Å². The average molecular weight is 428 g/mol. The van der Waals surface area contributed by atoms with Gasteiger partial charge in [-0.3, -0.25) is 0 Å². The molecule has 3 fully saturated rings. The fraction of sp³-hybridized carbons (Fsp3) is 0.640. The highest BCUT2D eigenvalue weighted by Crippen LogP contribution is 2.38. The smallest absolute Gasteiger partial charge is 0.316 e. The summed E-state index contributed by atoms with van der Waals surface area (Å²) in [7, 11) is 1.65. The number of hydrogen-bond acceptors (Lipinski definition) is 4. The molecule has 0 radical (unpaired) electrons. The van der Waals surface area contributed by atoms with Crippen molar-refractivity contribution in [3.63, 3.8) is 0 Å². The molecule has 31 heavy (non-hydrogen) atoms. The van der Waals surface area contributed by atoms with Crippen LogP contribution in [0.3, 0.4) is 0 Å². The fourth-order valence-corrected chi connectivity index (χ4v) is 4.78. The number of ether oxygens (including phenoxy) is 2. The number of nitrogens with zero attached hydrogens (tertiary/aromatic N) is 1. The van der Waals surface area contributed by atoms with E-state index in [9.17, 15) is 4.79 Å². The third-order valence-corrected chi connectivity index (χ3v) is 6.29. The van der Waals surface area contributed by atoms with Gasteiger partial charge in [0.15, 0.2) is 0 Å². The lowest BCUT2D eigenvalue weighted by Gasteiger charge is -2.53. The summed E-state index contributed by atoms with van der Waals surface area (Å²) in [5.41, 5.74) is 0.130. The van der Waals surface area contributed by atoms with Crippen LogP contribution in [-0.4, -0.2) is 62.0 Å². The van der Waals surface area contributed by atoms with E-state index in [1.165, 1.54) is 12.8 Å². The maximum Gasteiger partial charge on any atom is 0.316 e. The van der Waals surface area contributed by atoms with Crippen molar-refractivity contribution in [2.24, 2.45) is 5.92 Å². The summed E-state index contributed by atoms with van der Waals surface area (Å²) in [6.45, 7) is 10.4. The second-order valence-corrected chi connectivity index (χ2v) is 9.28. The van der Waals surface area contributed by atoms with Gasteiger partial charge in [-0.25, -0.2) is 4.79 Å². The van der Waals surface area contributed by atoms with Gasteiger partial charge in [-0.1, -0.05) is 25.2 Å². The van der Waals surface area contributed by atoms with Crippen molar-refractivity contribution in [1.29, 1.82) is 0 Å². The highest BCUT2D eigenvalue weighted by molar-refractivity contribution is 5.76. The minimum absolute atomic E-state index is 0.114. The van der Waals surface area contributed by atoms with Crippen LogP contribution in [0, 0.1) is 17.8 Å². The second kappa shape index (κ2) is 10.4. The van der Waals surface area contributed by atoms with E-state index in [1.807, 2.05) is 38.1 Å². The maximum absolute atomic E-state index is 12.9. The largest absolute Gasteiger partial charge is 0.491 e. The Hall–Kier alpha value is -2.23. The minimum atomic E-state index is -0.640. The molecule has 6 heteroatoms. The summed E-state index contributed by atoms with van der Waals surface area (Å²) >= 11 is 0. The highest BCUT2D eigenvalue weighted by Gasteiger charge is 2.47. The van der Waals surface area contributed by atoms with E-state index in [0.29, 0.717) is 19.1 Å². The number of benzene rings is 1. The zero-order valence-electron chi connectivity index (χ0n) is 19.4. The molecule has 4 rings (SSSR count).